The number of benzene rings is 2. The lowest BCUT2D eigenvalue weighted by atomic mass is 10.2. The van der Waals surface area contributed by atoms with E-state index in [1.165, 1.54) is 15.9 Å². The van der Waals surface area contributed by atoms with E-state index in [9.17, 15) is 19.2 Å². The Morgan fingerprint density at radius 1 is 0.971 bits per heavy atom. The number of rotatable bonds is 8. The van der Waals surface area contributed by atoms with E-state index >= 15 is 0 Å². The maximum atomic E-state index is 13.2. The molecule has 35 heavy (non-hydrogen) atoms. The van der Waals surface area contributed by atoms with Gasteiger partial charge in [-0.25, -0.2) is 4.79 Å². The number of halogens is 1. The van der Waals surface area contributed by atoms with Crippen LogP contribution in [-0.2, 0) is 29.2 Å². The molecule has 10 heteroatoms. The van der Waals surface area contributed by atoms with Crippen molar-refractivity contribution in [3.8, 4) is 0 Å². The molecule has 0 aliphatic heterocycles. The summed E-state index contributed by atoms with van der Waals surface area (Å²) in [6.07, 6.45) is -0.0775. The highest BCUT2D eigenvalue weighted by Gasteiger charge is 2.17. The van der Waals surface area contributed by atoms with Crippen LogP contribution >= 0.6 is 22.9 Å². The number of hydrogen-bond acceptors (Lipinski definition) is 5. The van der Waals surface area contributed by atoms with Crippen molar-refractivity contribution in [1.29, 1.82) is 0 Å². The first-order valence-corrected chi connectivity index (χ1v) is 12.2. The van der Waals surface area contributed by atoms with E-state index in [0.29, 0.717) is 20.9 Å². The van der Waals surface area contributed by atoms with Crippen LogP contribution in [0.2, 0.25) is 5.02 Å². The molecule has 0 saturated carbocycles. The quantitative estimate of drug-likeness (QED) is 0.378. The highest BCUT2D eigenvalue weighted by Crippen LogP contribution is 2.17. The van der Waals surface area contributed by atoms with Gasteiger partial charge in [-0.15, -0.1) is 11.3 Å². The van der Waals surface area contributed by atoms with Crippen LogP contribution in [0.15, 0.2) is 69.6 Å². The molecule has 2 amide bonds. The van der Waals surface area contributed by atoms with Gasteiger partial charge in [-0.3, -0.25) is 23.5 Å². The molecule has 0 fully saturated rings. The number of nitrogens with zero attached hydrogens (tertiary/aromatic N) is 2. The summed E-state index contributed by atoms with van der Waals surface area (Å²) in [5.74, 6) is -0.720. The second-order valence-corrected chi connectivity index (χ2v) is 9.27. The van der Waals surface area contributed by atoms with Crippen LogP contribution in [0, 0.1) is 6.92 Å². The lowest BCUT2D eigenvalue weighted by molar-refractivity contribution is -0.121. The van der Waals surface area contributed by atoms with Crippen molar-refractivity contribution in [1.82, 2.24) is 14.5 Å². The summed E-state index contributed by atoms with van der Waals surface area (Å²) in [6, 6.07) is 16.1. The van der Waals surface area contributed by atoms with Crippen molar-refractivity contribution in [2.75, 3.05) is 5.32 Å². The number of nitrogens with one attached hydrogen (secondary N) is 2. The summed E-state index contributed by atoms with van der Waals surface area (Å²) in [5, 5.41) is 7.79. The molecule has 0 aliphatic carbocycles. The number of anilines is 1. The number of thiophene rings is 1. The topological polar surface area (TPSA) is 102 Å². The van der Waals surface area contributed by atoms with E-state index in [-0.39, 0.29) is 32.0 Å². The maximum Gasteiger partial charge on any atom is 0.332 e. The SMILES string of the molecule is Cc1ccccc1NC(=O)Cn1c(=O)n(CCC(=O)NCc2ccccc2Cl)c(=O)c2sccc21. The number of fused-ring (bicyclic) bond motifs is 1. The van der Waals surface area contributed by atoms with Crippen LogP contribution in [-0.4, -0.2) is 20.9 Å². The fraction of sp³-hybridized carbons (Fsp3) is 0.200. The minimum atomic E-state index is -0.639. The Labute approximate surface area is 209 Å². The average Bonchev–Trinajstić information content (AvgIpc) is 3.33. The molecule has 2 aromatic carbocycles. The zero-order chi connectivity index (χ0) is 24.9. The van der Waals surface area contributed by atoms with Gasteiger partial charge in [-0.2, -0.15) is 0 Å². The van der Waals surface area contributed by atoms with Crippen molar-refractivity contribution in [2.45, 2.75) is 33.0 Å². The summed E-state index contributed by atoms with van der Waals surface area (Å²) in [4.78, 5) is 51.3. The van der Waals surface area contributed by atoms with E-state index in [4.69, 9.17) is 11.6 Å². The molecular weight excluding hydrogens is 488 g/mol. The molecule has 0 atom stereocenters. The molecule has 8 nitrogen and oxygen atoms in total. The average molecular weight is 511 g/mol. The van der Waals surface area contributed by atoms with Gasteiger partial charge >= 0.3 is 5.69 Å². The van der Waals surface area contributed by atoms with E-state index in [0.717, 1.165) is 15.7 Å². The lowest BCUT2D eigenvalue weighted by Crippen LogP contribution is -2.42. The first kappa shape index (κ1) is 24.4. The van der Waals surface area contributed by atoms with Gasteiger partial charge in [0.1, 0.15) is 11.2 Å². The molecule has 2 aromatic heterocycles. The van der Waals surface area contributed by atoms with Gasteiger partial charge in [0.25, 0.3) is 5.56 Å². The predicted octanol–water partition coefficient (Wildman–Crippen LogP) is 3.53. The van der Waals surface area contributed by atoms with Crippen molar-refractivity contribution in [2.24, 2.45) is 0 Å². The minimum absolute atomic E-state index is 0.0775. The third-order valence-corrected chi connectivity index (χ3v) is 6.81. The summed E-state index contributed by atoms with van der Waals surface area (Å²) >= 11 is 7.30. The summed E-state index contributed by atoms with van der Waals surface area (Å²) in [5.41, 5.74) is 1.58. The Balaban J connectivity index is 1.52. The molecule has 0 spiro atoms. The molecule has 2 N–H and O–H groups in total. The van der Waals surface area contributed by atoms with Crippen molar-refractivity contribution < 1.29 is 9.59 Å². The molecule has 0 unspecified atom stereocenters. The first-order valence-electron chi connectivity index (χ1n) is 10.9. The fourth-order valence-electron chi connectivity index (χ4n) is 3.67. The third kappa shape index (κ3) is 5.52. The van der Waals surface area contributed by atoms with Gasteiger partial charge in [-0.1, -0.05) is 48.0 Å². The number of carbonyl (C=O) groups is 2. The second-order valence-electron chi connectivity index (χ2n) is 7.94. The monoisotopic (exact) mass is 510 g/mol. The first-order chi connectivity index (χ1) is 16.8. The zero-order valence-corrected chi connectivity index (χ0v) is 20.5. The molecule has 0 radical (unpaired) electrons. The normalized spacial score (nSPS) is 10.9. The number of hydrogen-bond donors (Lipinski definition) is 2. The molecule has 4 aromatic rings. The Bertz CT molecular complexity index is 1520. The van der Waals surface area contributed by atoms with Gasteiger partial charge in [0.05, 0.1) is 5.52 Å². The van der Waals surface area contributed by atoms with E-state index in [1.807, 2.05) is 31.2 Å². The highest BCUT2D eigenvalue weighted by atomic mass is 35.5. The van der Waals surface area contributed by atoms with Gasteiger partial charge in [-0.05, 0) is 41.6 Å². The van der Waals surface area contributed by atoms with E-state index in [1.54, 1.807) is 35.7 Å². The standard InChI is InChI=1S/C25H23ClN4O4S/c1-16-6-2-5-9-19(16)28-22(32)15-30-20-11-13-35-23(20)24(33)29(25(30)34)12-10-21(31)27-14-17-7-3-4-8-18(17)26/h2-9,11,13H,10,12,14-15H2,1H3,(H,27,31)(H,28,32). The molecule has 2 heterocycles. The highest BCUT2D eigenvalue weighted by molar-refractivity contribution is 7.17. The van der Waals surface area contributed by atoms with Crippen molar-refractivity contribution in [3.63, 3.8) is 0 Å². The number of carbonyl (C=O) groups excluding carboxylic acids is 2. The van der Waals surface area contributed by atoms with Crippen LogP contribution in [0.1, 0.15) is 17.5 Å². The van der Waals surface area contributed by atoms with Crippen LogP contribution in [0.4, 0.5) is 5.69 Å². The Kier molecular flexibility index (Phi) is 7.48. The lowest BCUT2D eigenvalue weighted by Gasteiger charge is -2.13. The largest absolute Gasteiger partial charge is 0.352 e. The fourth-order valence-corrected chi connectivity index (χ4v) is 4.71. The van der Waals surface area contributed by atoms with Crippen LogP contribution < -0.4 is 21.9 Å². The molecule has 0 aliphatic rings. The number of aromatic nitrogens is 2. The van der Waals surface area contributed by atoms with Crippen molar-refractivity contribution in [3.05, 3.63) is 97.0 Å². The second kappa shape index (κ2) is 10.7. The van der Waals surface area contributed by atoms with Crippen molar-refractivity contribution >= 4 is 50.7 Å². The van der Waals surface area contributed by atoms with E-state index < -0.39 is 17.2 Å². The molecule has 4 rings (SSSR count). The van der Waals surface area contributed by atoms with Crippen LogP contribution in [0.25, 0.3) is 10.2 Å². The smallest absolute Gasteiger partial charge is 0.332 e. The van der Waals surface area contributed by atoms with Crippen LogP contribution in [0.3, 0.4) is 0 Å². The Hall–Kier alpha value is -3.69. The maximum absolute atomic E-state index is 13.2. The molecule has 0 bridgehead atoms. The predicted molar refractivity (Wildman–Crippen MR) is 138 cm³/mol. The number of aryl methyl sites for hydroxylation is 1. The number of amides is 2. The number of para-hydroxylation sites is 1. The van der Waals surface area contributed by atoms with E-state index in [2.05, 4.69) is 10.6 Å². The molecular formula is C25H23ClN4O4S. The van der Waals surface area contributed by atoms with Gasteiger partial charge in [0.15, 0.2) is 0 Å². The summed E-state index contributed by atoms with van der Waals surface area (Å²) in [6.45, 7) is 1.73. The minimum Gasteiger partial charge on any atom is -0.352 e. The zero-order valence-electron chi connectivity index (χ0n) is 18.9. The summed E-state index contributed by atoms with van der Waals surface area (Å²) in [7, 11) is 0. The van der Waals surface area contributed by atoms with Gasteiger partial charge in [0.2, 0.25) is 11.8 Å². The van der Waals surface area contributed by atoms with Gasteiger partial charge in [0, 0.05) is 30.2 Å². The van der Waals surface area contributed by atoms with Gasteiger partial charge < -0.3 is 10.6 Å². The summed E-state index contributed by atoms with van der Waals surface area (Å²) < 4.78 is 2.63. The molecule has 180 valence electrons. The van der Waals surface area contributed by atoms with Crippen LogP contribution in [0.5, 0.6) is 0 Å². The Morgan fingerprint density at radius 2 is 1.71 bits per heavy atom. The molecule has 0 saturated heterocycles. The third-order valence-electron chi connectivity index (χ3n) is 5.55. The Morgan fingerprint density at radius 3 is 2.49 bits per heavy atom.